The highest BCUT2D eigenvalue weighted by atomic mass is 127. The Kier molecular flexibility index (Phi) is 1.09. The van der Waals surface area contributed by atoms with Crippen molar-refractivity contribution in [3.63, 3.8) is 0 Å². The highest BCUT2D eigenvalue weighted by Crippen LogP contribution is 1.98. The zero-order valence-electron chi connectivity index (χ0n) is 4.73. The van der Waals surface area contributed by atoms with Gasteiger partial charge in [-0.05, 0) is 22.6 Å². The van der Waals surface area contributed by atoms with E-state index < -0.39 is 12.5 Å². The Morgan fingerprint density at radius 3 is 2.67 bits per heavy atom. The van der Waals surface area contributed by atoms with Gasteiger partial charge in [-0.3, -0.25) is 0 Å². The van der Waals surface area contributed by atoms with Crippen LogP contribution in [0.4, 0.5) is 0 Å². The van der Waals surface area contributed by atoms with Gasteiger partial charge in [-0.1, -0.05) is 6.53 Å². The minimum atomic E-state index is -1.22. The Morgan fingerprint density at radius 2 is 2.67 bits per heavy atom. The summed E-state index contributed by atoms with van der Waals surface area (Å²) in [7, 11) is 0. The maximum absolute atomic E-state index is 9.84. The topological polar surface area (TPSA) is 37.3 Å². The standard InChI is InChI=1S/C3H3IO2/c1-2(4)3(5)6/h1H2,(H,5,6)/i1D2. The highest BCUT2D eigenvalue weighted by Gasteiger charge is 1.92. The maximum Gasteiger partial charge on any atom is 0.341 e. The van der Waals surface area contributed by atoms with Gasteiger partial charge in [-0.25, -0.2) is 4.79 Å². The molecule has 0 aliphatic heterocycles. The molecule has 34 valence electrons. The Morgan fingerprint density at radius 1 is 2.17 bits per heavy atom. The quantitative estimate of drug-likeness (QED) is 0.506. The van der Waals surface area contributed by atoms with Gasteiger partial charge in [-0.2, -0.15) is 0 Å². The average molecular weight is 200 g/mol. The second-order valence-electron chi connectivity index (χ2n) is 0.619. The molecule has 1 N–H and O–H groups in total. The van der Waals surface area contributed by atoms with Gasteiger partial charge in [0.1, 0.15) is 0 Å². The molecule has 0 aliphatic carbocycles. The molecule has 0 unspecified atom stereocenters. The minimum absolute atomic E-state index is 0.261. The van der Waals surface area contributed by atoms with Crippen molar-refractivity contribution in [3.05, 3.63) is 10.1 Å². The van der Waals surface area contributed by atoms with Crippen molar-refractivity contribution in [2.45, 2.75) is 0 Å². The summed E-state index contributed by atoms with van der Waals surface area (Å²) < 4.78 is 12.7. The molecule has 0 amide bonds. The fourth-order valence-electron chi connectivity index (χ4n) is 0. The fraction of sp³-hybridized carbons (Fsp3) is 0. The third-order valence-corrected chi connectivity index (χ3v) is 0.649. The van der Waals surface area contributed by atoms with Gasteiger partial charge in [-0.15, -0.1) is 0 Å². The van der Waals surface area contributed by atoms with Crippen molar-refractivity contribution < 1.29 is 12.6 Å². The number of halogens is 1. The van der Waals surface area contributed by atoms with Crippen molar-refractivity contribution >= 4 is 28.6 Å². The van der Waals surface area contributed by atoms with Gasteiger partial charge in [0.15, 0.2) is 0 Å². The predicted octanol–water partition coefficient (Wildman–Crippen LogP) is 1.02. The molecule has 0 atom stereocenters. The van der Waals surface area contributed by atoms with Crippen LogP contribution in [0.15, 0.2) is 10.1 Å². The van der Waals surface area contributed by atoms with Crippen LogP contribution in [-0.4, -0.2) is 11.1 Å². The van der Waals surface area contributed by atoms with Crippen LogP contribution < -0.4 is 0 Å². The highest BCUT2D eigenvalue weighted by molar-refractivity contribution is 14.1. The molecular weight excluding hydrogens is 195 g/mol. The van der Waals surface area contributed by atoms with E-state index in [1.807, 2.05) is 0 Å². The molecule has 0 bridgehead atoms. The number of hydrogen-bond donors (Lipinski definition) is 1. The van der Waals surface area contributed by atoms with E-state index in [9.17, 15) is 4.79 Å². The lowest BCUT2D eigenvalue weighted by molar-refractivity contribution is -0.131. The van der Waals surface area contributed by atoms with E-state index in [-0.39, 0.29) is 3.58 Å². The SMILES string of the molecule is [2H]C([2H])=C(I)C(=O)O. The third-order valence-electron chi connectivity index (χ3n) is 0.188. The van der Waals surface area contributed by atoms with Crippen LogP contribution >= 0.6 is 22.6 Å². The van der Waals surface area contributed by atoms with Gasteiger partial charge in [0.25, 0.3) is 0 Å². The molecule has 0 aromatic heterocycles. The van der Waals surface area contributed by atoms with Crippen LogP contribution in [0, 0.1) is 0 Å². The number of aliphatic carboxylic acids is 1. The number of rotatable bonds is 1. The Balaban J connectivity index is 4.23. The fourth-order valence-corrected chi connectivity index (χ4v) is 0. The van der Waals surface area contributed by atoms with Crippen LogP contribution in [0.1, 0.15) is 2.74 Å². The lowest BCUT2D eigenvalue weighted by Gasteiger charge is -1.77. The summed E-state index contributed by atoms with van der Waals surface area (Å²) in [4.78, 5) is 9.84. The molecule has 0 radical (unpaired) electrons. The smallest absolute Gasteiger partial charge is 0.341 e. The van der Waals surface area contributed by atoms with E-state index >= 15 is 0 Å². The van der Waals surface area contributed by atoms with Gasteiger partial charge < -0.3 is 5.11 Å². The Labute approximate surface area is 51.8 Å². The first-order valence-electron chi connectivity index (χ1n) is 2.12. The number of carboxylic acids is 1. The first kappa shape index (κ1) is 3.01. The van der Waals surface area contributed by atoms with Crippen molar-refractivity contribution in [1.29, 1.82) is 0 Å². The monoisotopic (exact) mass is 200 g/mol. The summed E-state index contributed by atoms with van der Waals surface area (Å²) in [6.45, 7) is -0.655. The van der Waals surface area contributed by atoms with Crippen molar-refractivity contribution in [2.75, 3.05) is 0 Å². The van der Waals surface area contributed by atoms with Crippen LogP contribution in [-0.2, 0) is 4.79 Å². The summed E-state index contributed by atoms with van der Waals surface area (Å²) in [5, 5.41) is 8.05. The molecule has 0 aliphatic rings. The molecule has 0 saturated heterocycles. The second kappa shape index (κ2) is 2.17. The van der Waals surface area contributed by atoms with Gasteiger partial charge >= 0.3 is 5.97 Å². The van der Waals surface area contributed by atoms with E-state index in [2.05, 4.69) is 0 Å². The molecular formula is C3H3IO2. The Bertz CT molecular complexity index is 138. The molecule has 0 saturated carbocycles. The first-order chi connectivity index (χ1) is 3.55. The second-order valence-corrected chi connectivity index (χ2v) is 1.70. The lowest BCUT2D eigenvalue weighted by atomic mass is 10.7. The average Bonchev–Trinajstić information content (AvgIpc) is 1.64. The maximum atomic E-state index is 9.84. The Hall–Kier alpha value is -0.0600. The lowest BCUT2D eigenvalue weighted by Crippen LogP contribution is -1.89. The molecule has 0 aromatic carbocycles. The van der Waals surface area contributed by atoms with E-state index in [0.717, 1.165) is 0 Å². The van der Waals surface area contributed by atoms with E-state index in [0.29, 0.717) is 0 Å². The molecule has 0 fully saturated rings. The minimum Gasteiger partial charge on any atom is -0.477 e. The van der Waals surface area contributed by atoms with Crippen LogP contribution in [0.2, 0.25) is 0 Å². The molecule has 0 spiro atoms. The summed E-state index contributed by atoms with van der Waals surface area (Å²) >= 11 is 1.43. The summed E-state index contributed by atoms with van der Waals surface area (Å²) in [6.07, 6.45) is 0. The van der Waals surface area contributed by atoms with Crippen LogP contribution in [0.25, 0.3) is 0 Å². The zero-order chi connectivity index (χ0) is 6.73. The largest absolute Gasteiger partial charge is 0.477 e. The molecule has 0 heterocycles. The third kappa shape index (κ3) is 2.19. The van der Waals surface area contributed by atoms with E-state index in [4.69, 9.17) is 7.85 Å². The summed E-state index contributed by atoms with van der Waals surface area (Å²) in [5.41, 5.74) is 0. The van der Waals surface area contributed by atoms with Crippen molar-refractivity contribution in [1.82, 2.24) is 0 Å². The van der Waals surface area contributed by atoms with Gasteiger partial charge in [0, 0.05) is 0 Å². The molecule has 0 aromatic rings. The zero-order valence-corrected chi connectivity index (χ0v) is 4.89. The normalized spacial score (nSPS) is 11.5. The van der Waals surface area contributed by atoms with Crippen molar-refractivity contribution in [2.24, 2.45) is 0 Å². The molecule has 3 heteroatoms. The first-order valence-corrected chi connectivity index (χ1v) is 2.20. The van der Waals surface area contributed by atoms with Gasteiger partial charge in [0.2, 0.25) is 0 Å². The summed E-state index contributed by atoms with van der Waals surface area (Å²) in [6, 6.07) is 0. The van der Waals surface area contributed by atoms with Gasteiger partial charge in [0.05, 0.1) is 6.32 Å². The number of carbonyl (C=O) groups is 1. The van der Waals surface area contributed by atoms with E-state index in [1.54, 1.807) is 0 Å². The summed E-state index contributed by atoms with van der Waals surface area (Å²) in [5.74, 6) is -1.22. The molecule has 2 nitrogen and oxygen atoms in total. The number of hydrogen-bond acceptors (Lipinski definition) is 1. The van der Waals surface area contributed by atoms with Crippen molar-refractivity contribution in [3.8, 4) is 0 Å². The van der Waals surface area contributed by atoms with Crippen LogP contribution in [0.3, 0.4) is 0 Å². The molecule has 6 heavy (non-hydrogen) atoms. The molecule has 0 rings (SSSR count). The van der Waals surface area contributed by atoms with E-state index in [1.165, 1.54) is 22.6 Å². The predicted molar refractivity (Wildman–Crippen MR) is 30.8 cm³/mol. The number of carboxylic acid groups (broad SMARTS) is 1. The van der Waals surface area contributed by atoms with Crippen LogP contribution in [0.5, 0.6) is 0 Å².